The van der Waals surface area contributed by atoms with Gasteiger partial charge in [0.15, 0.2) is 0 Å². The molecule has 0 amide bonds. The van der Waals surface area contributed by atoms with E-state index in [4.69, 9.17) is 4.99 Å². The number of fused-ring (bicyclic) bond motifs is 9. The second-order valence-electron chi connectivity index (χ2n) is 14.7. The summed E-state index contributed by atoms with van der Waals surface area (Å²) < 4.78 is 0. The predicted octanol–water partition coefficient (Wildman–Crippen LogP) is 12.6. The SMILES string of the molecule is C1=C(c2ccc3c(c2)-c2ccccc2C32c3ccccc3N(c3ccccc3)c3ccccc32)NC(c2ccccc2)N=C1c1ccc(-c2ccccc2)cc1. The van der Waals surface area contributed by atoms with Crippen LogP contribution in [0.25, 0.3) is 28.0 Å². The Kier molecular flexibility index (Phi) is 7.46. The van der Waals surface area contributed by atoms with Crippen molar-refractivity contribution in [2.45, 2.75) is 11.6 Å². The average Bonchev–Trinajstić information content (AvgIpc) is 3.57. The fourth-order valence-electron chi connectivity index (χ4n) is 9.25. The molecule has 3 heteroatoms. The molecule has 0 bridgehead atoms. The zero-order chi connectivity index (χ0) is 37.1. The van der Waals surface area contributed by atoms with E-state index in [2.05, 4.69) is 223 Å². The van der Waals surface area contributed by atoms with Gasteiger partial charge in [-0.15, -0.1) is 0 Å². The molecule has 3 nitrogen and oxygen atoms in total. The first-order chi connectivity index (χ1) is 27.8. The standard InChI is InChI=1S/C53H37N3/c1-4-16-36(17-5-1)37-28-30-38(31-29-37)48-35-49(55-52(54-48)39-18-6-2-7-19-39)40-32-33-45-43(34-40)42-22-10-11-23-44(42)53(45)46-24-12-14-26-50(46)56(41-20-8-3-9-21-41)51-27-15-13-25-47(51)53/h1-35,52,55H. The molecule has 2 heterocycles. The molecule has 2 aliphatic heterocycles. The van der Waals surface area contributed by atoms with Crippen LogP contribution in [0.5, 0.6) is 0 Å². The summed E-state index contributed by atoms with van der Waals surface area (Å²) in [5, 5.41) is 3.83. The highest BCUT2D eigenvalue weighted by atomic mass is 15.2. The molecule has 0 fully saturated rings. The van der Waals surface area contributed by atoms with Crippen molar-refractivity contribution in [3.8, 4) is 22.3 Å². The van der Waals surface area contributed by atoms with Crippen LogP contribution in [0, 0.1) is 0 Å². The first kappa shape index (κ1) is 32.2. The lowest BCUT2D eigenvalue weighted by Crippen LogP contribution is -2.36. The van der Waals surface area contributed by atoms with Crippen molar-refractivity contribution in [1.29, 1.82) is 0 Å². The van der Waals surface area contributed by atoms with Gasteiger partial charge in [0.05, 0.1) is 22.5 Å². The fourth-order valence-corrected chi connectivity index (χ4v) is 9.25. The molecule has 1 aliphatic carbocycles. The maximum atomic E-state index is 5.28. The summed E-state index contributed by atoms with van der Waals surface area (Å²) in [7, 11) is 0. The zero-order valence-electron chi connectivity index (χ0n) is 30.7. The second kappa shape index (κ2) is 13.0. The van der Waals surface area contributed by atoms with Crippen molar-refractivity contribution in [2.75, 3.05) is 4.90 Å². The largest absolute Gasteiger partial charge is 0.360 e. The molecule has 8 aromatic carbocycles. The summed E-state index contributed by atoms with van der Waals surface area (Å²) in [6, 6.07) is 74.7. The van der Waals surface area contributed by atoms with Crippen LogP contribution >= 0.6 is 0 Å². The van der Waals surface area contributed by atoms with Gasteiger partial charge in [0.1, 0.15) is 6.17 Å². The molecule has 0 saturated heterocycles. The molecule has 11 rings (SSSR count). The van der Waals surface area contributed by atoms with Crippen molar-refractivity contribution < 1.29 is 0 Å². The van der Waals surface area contributed by atoms with Crippen molar-refractivity contribution in [3.63, 3.8) is 0 Å². The average molecular weight is 716 g/mol. The monoisotopic (exact) mass is 715 g/mol. The van der Waals surface area contributed by atoms with E-state index in [9.17, 15) is 0 Å². The summed E-state index contributed by atoms with van der Waals surface area (Å²) in [5.41, 5.74) is 18.5. The third kappa shape index (κ3) is 4.94. The topological polar surface area (TPSA) is 27.6 Å². The van der Waals surface area contributed by atoms with Crippen LogP contribution in [0.15, 0.2) is 217 Å². The number of aliphatic imine (C=N–C) groups is 1. The molecule has 0 radical (unpaired) electrons. The maximum Gasteiger partial charge on any atom is 0.145 e. The Morgan fingerprint density at radius 1 is 0.429 bits per heavy atom. The minimum atomic E-state index is -0.489. The minimum absolute atomic E-state index is 0.229. The first-order valence-electron chi connectivity index (χ1n) is 19.3. The Labute approximate surface area is 327 Å². The molecule has 3 aliphatic rings. The third-order valence-electron chi connectivity index (χ3n) is 11.7. The highest BCUT2D eigenvalue weighted by Crippen LogP contribution is 2.63. The Morgan fingerprint density at radius 2 is 0.946 bits per heavy atom. The summed E-state index contributed by atoms with van der Waals surface area (Å²) in [4.78, 5) is 7.71. The Morgan fingerprint density at radius 3 is 1.64 bits per heavy atom. The number of hydrogen-bond donors (Lipinski definition) is 1. The van der Waals surface area contributed by atoms with Crippen LogP contribution in [0.3, 0.4) is 0 Å². The molecular weight excluding hydrogens is 679 g/mol. The van der Waals surface area contributed by atoms with Crippen LogP contribution in [0.2, 0.25) is 0 Å². The summed E-state index contributed by atoms with van der Waals surface area (Å²) in [6.07, 6.45) is 1.99. The van der Waals surface area contributed by atoms with Gasteiger partial charge in [0.2, 0.25) is 0 Å². The lowest BCUT2D eigenvalue weighted by molar-refractivity contribution is 0.664. The van der Waals surface area contributed by atoms with Crippen molar-refractivity contribution >= 4 is 28.5 Å². The Bertz CT molecular complexity index is 2770. The third-order valence-corrected chi connectivity index (χ3v) is 11.7. The van der Waals surface area contributed by atoms with Crippen molar-refractivity contribution in [2.24, 2.45) is 4.99 Å². The highest BCUT2D eigenvalue weighted by Gasteiger charge is 2.51. The van der Waals surface area contributed by atoms with Crippen LogP contribution < -0.4 is 10.2 Å². The van der Waals surface area contributed by atoms with E-state index in [0.717, 1.165) is 33.8 Å². The molecule has 56 heavy (non-hydrogen) atoms. The van der Waals surface area contributed by atoms with Gasteiger partial charge in [-0.3, -0.25) is 4.99 Å². The van der Waals surface area contributed by atoms with Crippen LogP contribution in [-0.2, 0) is 5.41 Å². The van der Waals surface area contributed by atoms with E-state index in [1.807, 2.05) is 0 Å². The number of anilines is 3. The molecule has 1 atom stereocenters. The molecular formula is C53H37N3. The smallest absolute Gasteiger partial charge is 0.145 e. The van der Waals surface area contributed by atoms with E-state index in [1.165, 1.54) is 55.9 Å². The molecule has 0 saturated carbocycles. The molecule has 0 aromatic heterocycles. The fraction of sp³-hybridized carbons (Fsp3) is 0.0377. The van der Waals surface area contributed by atoms with Gasteiger partial charge >= 0.3 is 0 Å². The van der Waals surface area contributed by atoms with E-state index < -0.39 is 5.41 Å². The van der Waals surface area contributed by atoms with Gasteiger partial charge in [0, 0.05) is 11.4 Å². The van der Waals surface area contributed by atoms with Crippen LogP contribution in [-0.4, -0.2) is 5.71 Å². The second-order valence-corrected chi connectivity index (χ2v) is 14.7. The van der Waals surface area contributed by atoms with E-state index in [1.54, 1.807) is 0 Å². The van der Waals surface area contributed by atoms with Crippen molar-refractivity contribution in [1.82, 2.24) is 5.32 Å². The normalized spacial score (nSPS) is 15.8. The van der Waals surface area contributed by atoms with E-state index >= 15 is 0 Å². The Balaban J connectivity index is 1.08. The zero-order valence-corrected chi connectivity index (χ0v) is 30.7. The van der Waals surface area contributed by atoms with Crippen molar-refractivity contribution in [3.05, 3.63) is 251 Å². The summed E-state index contributed by atoms with van der Waals surface area (Å²) in [6.45, 7) is 0. The lowest BCUT2D eigenvalue weighted by atomic mass is 9.64. The van der Waals surface area contributed by atoms with Gasteiger partial charge < -0.3 is 10.2 Å². The maximum absolute atomic E-state index is 5.28. The molecule has 1 spiro atoms. The number of allylic oxidation sites excluding steroid dienone is 1. The van der Waals surface area contributed by atoms with E-state index in [-0.39, 0.29) is 6.17 Å². The molecule has 264 valence electrons. The number of benzene rings is 8. The first-order valence-corrected chi connectivity index (χ1v) is 19.3. The van der Waals surface area contributed by atoms with Crippen LogP contribution in [0.1, 0.15) is 45.1 Å². The quantitative estimate of drug-likeness (QED) is 0.192. The number of rotatable bonds is 5. The van der Waals surface area contributed by atoms with Gasteiger partial charge in [-0.2, -0.15) is 0 Å². The highest BCUT2D eigenvalue weighted by molar-refractivity contribution is 6.13. The predicted molar refractivity (Wildman–Crippen MR) is 231 cm³/mol. The van der Waals surface area contributed by atoms with Gasteiger partial charge in [0.25, 0.3) is 0 Å². The lowest BCUT2D eigenvalue weighted by Gasteiger charge is -2.45. The van der Waals surface area contributed by atoms with Gasteiger partial charge in [-0.05, 0) is 97.6 Å². The van der Waals surface area contributed by atoms with Crippen LogP contribution in [0.4, 0.5) is 17.1 Å². The molecule has 1 N–H and O–H groups in total. The number of nitrogens with zero attached hydrogens (tertiary/aromatic N) is 2. The molecule has 1 unspecified atom stereocenters. The summed E-state index contributed by atoms with van der Waals surface area (Å²) >= 11 is 0. The molecule has 8 aromatic rings. The minimum Gasteiger partial charge on any atom is -0.360 e. The van der Waals surface area contributed by atoms with Gasteiger partial charge in [-0.25, -0.2) is 0 Å². The Hall–Kier alpha value is -7.23. The summed E-state index contributed by atoms with van der Waals surface area (Å²) in [5.74, 6) is 0. The number of hydrogen-bond acceptors (Lipinski definition) is 3. The van der Waals surface area contributed by atoms with E-state index in [0.29, 0.717) is 0 Å². The van der Waals surface area contributed by atoms with Gasteiger partial charge in [-0.1, -0.05) is 176 Å². The number of nitrogens with one attached hydrogen (secondary N) is 1. The number of para-hydroxylation sites is 3.